The van der Waals surface area contributed by atoms with Gasteiger partial charge in [-0.1, -0.05) is 24.3 Å². The van der Waals surface area contributed by atoms with Gasteiger partial charge in [0.15, 0.2) is 0 Å². The Hall–Kier alpha value is -1.35. The predicted octanol–water partition coefficient (Wildman–Crippen LogP) is 1.78. The molecule has 0 amide bonds. The molecule has 0 saturated carbocycles. The largest absolute Gasteiger partial charge is 0.481 e. The Morgan fingerprint density at radius 2 is 2.31 bits per heavy atom. The highest BCUT2D eigenvalue weighted by atomic mass is 16.4. The zero-order valence-electron chi connectivity index (χ0n) is 9.44. The van der Waals surface area contributed by atoms with E-state index in [9.17, 15) is 4.79 Å². The van der Waals surface area contributed by atoms with E-state index in [1.54, 1.807) is 0 Å². The fourth-order valence-corrected chi connectivity index (χ4v) is 2.22. The van der Waals surface area contributed by atoms with E-state index in [1.165, 1.54) is 11.1 Å². The standard InChI is InChI=1S/C13H17NO2/c1-9(6-13(15)16)14-8-11-7-10-4-2-3-5-12(10)11/h2-5,9,11,14H,6-8H2,1H3,(H,15,16). The molecular formula is C13H17NO2. The molecule has 0 fully saturated rings. The summed E-state index contributed by atoms with van der Waals surface area (Å²) in [6, 6.07) is 8.49. The first kappa shape index (κ1) is 11.1. The summed E-state index contributed by atoms with van der Waals surface area (Å²) < 4.78 is 0. The van der Waals surface area contributed by atoms with Crippen molar-refractivity contribution in [2.45, 2.75) is 31.7 Å². The Bertz CT molecular complexity index is 389. The molecule has 16 heavy (non-hydrogen) atoms. The Morgan fingerprint density at radius 1 is 1.56 bits per heavy atom. The summed E-state index contributed by atoms with van der Waals surface area (Å²) in [5, 5.41) is 11.9. The van der Waals surface area contributed by atoms with E-state index in [0.717, 1.165) is 13.0 Å². The first-order valence-corrected chi connectivity index (χ1v) is 5.70. The fraction of sp³-hybridized carbons (Fsp3) is 0.462. The van der Waals surface area contributed by atoms with E-state index in [0.29, 0.717) is 5.92 Å². The second-order valence-electron chi connectivity index (χ2n) is 4.51. The minimum Gasteiger partial charge on any atom is -0.481 e. The van der Waals surface area contributed by atoms with Crippen molar-refractivity contribution in [1.82, 2.24) is 5.32 Å². The minimum atomic E-state index is -0.742. The third-order valence-corrected chi connectivity index (χ3v) is 3.15. The van der Waals surface area contributed by atoms with Crippen LogP contribution >= 0.6 is 0 Å². The third-order valence-electron chi connectivity index (χ3n) is 3.15. The van der Waals surface area contributed by atoms with E-state index in [1.807, 2.05) is 6.92 Å². The lowest BCUT2D eigenvalue weighted by atomic mass is 9.77. The maximum atomic E-state index is 10.5. The summed E-state index contributed by atoms with van der Waals surface area (Å²) in [7, 11) is 0. The summed E-state index contributed by atoms with van der Waals surface area (Å²) in [6.07, 6.45) is 1.30. The Balaban J connectivity index is 1.79. The Labute approximate surface area is 95.5 Å². The summed E-state index contributed by atoms with van der Waals surface area (Å²) in [4.78, 5) is 10.5. The first-order chi connectivity index (χ1) is 7.66. The smallest absolute Gasteiger partial charge is 0.304 e. The zero-order valence-corrected chi connectivity index (χ0v) is 9.44. The highest BCUT2D eigenvalue weighted by Gasteiger charge is 2.25. The summed E-state index contributed by atoms with van der Waals surface area (Å²) >= 11 is 0. The van der Waals surface area contributed by atoms with Crippen molar-refractivity contribution in [2.75, 3.05) is 6.54 Å². The van der Waals surface area contributed by atoms with Crippen LogP contribution in [0.3, 0.4) is 0 Å². The topological polar surface area (TPSA) is 49.3 Å². The molecule has 2 unspecified atom stereocenters. The van der Waals surface area contributed by atoms with Crippen molar-refractivity contribution in [1.29, 1.82) is 0 Å². The van der Waals surface area contributed by atoms with E-state index < -0.39 is 5.97 Å². The van der Waals surface area contributed by atoms with Gasteiger partial charge in [-0.3, -0.25) is 4.79 Å². The molecule has 0 aliphatic heterocycles. The molecular weight excluding hydrogens is 202 g/mol. The molecule has 1 aromatic carbocycles. The van der Waals surface area contributed by atoms with Gasteiger partial charge in [0.2, 0.25) is 0 Å². The maximum absolute atomic E-state index is 10.5. The molecule has 0 saturated heterocycles. The number of hydrogen-bond donors (Lipinski definition) is 2. The van der Waals surface area contributed by atoms with Gasteiger partial charge in [-0.2, -0.15) is 0 Å². The number of carboxylic acids is 1. The molecule has 1 aromatic rings. The predicted molar refractivity (Wildman–Crippen MR) is 62.6 cm³/mol. The molecule has 3 nitrogen and oxygen atoms in total. The van der Waals surface area contributed by atoms with Crippen LogP contribution in [0.4, 0.5) is 0 Å². The van der Waals surface area contributed by atoms with Gasteiger partial charge in [0.25, 0.3) is 0 Å². The van der Waals surface area contributed by atoms with Gasteiger partial charge in [0, 0.05) is 18.5 Å². The lowest BCUT2D eigenvalue weighted by Crippen LogP contribution is -2.35. The second-order valence-corrected chi connectivity index (χ2v) is 4.51. The summed E-state index contributed by atoms with van der Waals surface area (Å²) in [6.45, 7) is 2.80. The minimum absolute atomic E-state index is 0.0465. The van der Waals surface area contributed by atoms with Crippen molar-refractivity contribution in [3.05, 3.63) is 35.4 Å². The quantitative estimate of drug-likeness (QED) is 0.793. The van der Waals surface area contributed by atoms with E-state index >= 15 is 0 Å². The number of carbonyl (C=O) groups is 1. The fourth-order valence-electron chi connectivity index (χ4n) is 2.22. The van der Waals surface area contributed by atoms with Crippen LogP contribution in [0.5, 0.6) is 0 Å². The Kier molecular flexibility index (Phi) is 3.25. The molecule has 0 bridgehead atoms. The van der Waals surface area contributed by atoms with Gasteiger partial charge in [0.1, 0.15) is 0 Å². The van der Waals surface area contributed by atoms with Crippen LogP contribution < -0.4 is 5.32 Å². The van der Waals surface area contributed by atoms with Crippen LogP contribution in [0.2, 0.25) is 0 Å². The lowest BCUT2D eigenvalue weighted by molar-refractivity contribution is -0.137. The van der Waals surface area contributed by atoms with Crippen LogP contribution in [0, 0.1) is 0 Å². The number of fused-ring (bicyclic) bond motifs is 1. The van der Waals surface area contributed by atoms with Crippen LogP contribution in [-0.2, 0) is 11.2 Å². The normalized spacial score (nSPS) is 19.7. The highest BCUT2D eigenvalue weighted by Crippen LogP contribution is 2.34. The van der Waals surface area contributed by atoms with Crippen molar-refractivity contribution >= 4 is 5.97 Å². The third kappa shape index (κ3) is 2.42. The maximum Gasteiger partial charge on any atom is 0.304 e. The van der Waals surface area contributed by atoms with Crippen molar-refractivity contribution < 1.29 is 9.90 Å². The van der Waals surface area contributed by atoms with Crippen molar-refractivity contribution in [3.8, 4) is 0 Å². The number of hydrogen-bond acceptors (Lipinski definition) is 2. The molecule has 1 aliphatic rings. The second kappa shape index (κ2) is 4.66. The van der Waals surface area contributed by atoms with Gasteiger partial charge >= 0.3 is 5.97 Å². The van der Waals surface area contributed by atoms with E-state index in [2.05, 4.69) is 29.6 Å². The van der Waals surface area contributed by atoms with E-state index in [-0.39, 0.29) is 12.5 Å². The zero-order chi connectivity index (χ0) is 11.5. The Morgan fingerprint density at radius 3 is 3.00 bits per heavy atom. The molecule has 3 heteroatoms. The lowest BCUT2D eigenvalue weighted by Gasteiger charge is -2.31. The molecule has 2 atom stereocenters. The number of benzene rings is 1. The van der Waals surface area contributed by atoms with Crippen molar-refractivity contribution in [2.24, 2.45) is 0 Å². The number of aliphatic carboxylic acids is 1. The van der Waals surface area contributed by atoms with Crippen molar-refractivity contribution in [3.63, 3.8) is 0 Å². The molecule has 2 N–H and O–H groups in total. The van der Waals surface area contributed by atoms with Gasteiger partial charge in [0.05, 0.1) is 6.42 Å². The average molecular weight is 219 g/mol. The average Bonchev–Trinajstić information content (AvgIpc) is 2.18. The van der Waals surface area contributed by atoms with Gasteiger partial charge < -0.3 is 10.4 Å². The molecule has 0 radical (unpaired) electrons. The first-order valence-electron chi connectivity index (χ1n) is 5.70. The van der Waals surface area contributed by atoms with E-state index in [4.69, 9.17) is 5.11 Å². The van der Waals surface area contributed by atoms with Gasteiger partial charge in [-0.25, -0.2) is 0 Å². The molecule has 1 aliphatic carbocycles. The summed E-state index contributed by atoms with van der Waals surface area (Å²) in [5.74, 6) is -0.179. The van der Waals surface area contributed by atoms with Crippen LogP contribution in [-0.4, -0.2) is 23.7 Å². The molecule has 86 valence electrons. The molecule has 0 spiro atoms. The number of carboxylic acid groups (broad SMARTS) is 1. The SMILES string of the molecule is CC(CC(=O)O)NCC1Cc2ccccc21. The van der Waals surface area contributed by atoms with Crippen LogP contribution in [0.15, 0.2) is 24.3 Å². The van der Waals surface area contributed by atoms with Gasteiger partial charge in [-0.05, 0) is 24.5 Å². The van der Waals surface area contributed by atoms with Gasteiger partial charge in [-0.15, -0.1) is 0 Å². The highest BCUT2D eigenvalue weighted by molar-refractivity contribution is 5.67. The number of rotatable bonds is 5. The molecule has 0 aromatic heterocycles. The van der Waals surface area contributed by atoms with Crippen LogP contribution in [0.1, 0.15) is 30.4 Å². The number of nitrogens with one attached hydrogen (secondary N) is 1. The summed E-state index contributed by atoms with van der Waals surface area (Å²) in [5.41, 5.74) is 2.85. The van der Waals surface area contributed by atoms with Crippen LogP contribution in [0.25, 0.3) is 0 Å². The molecule has 0 heterocycles. The molecule has 2 rings (SSSR count). The monoisotopic (exact) mass is 219 g/mol.